The Balaban J connectivity index is 1.21. The minimum Gasteiger partial charge on any atom is -0.310 e. The summed E-state index contributed by atoms with van der Waals surface area (Å²) in [5, 5.41) is 4.93. The monoisotopic (exact) mass is 769 g/mol. The average molecular weight is 770 g/mol. The molecule has 9 aromatic rings. The molecule has 0 amide bonds. The Labute approximate surface area is 347 Å². The molecule has 11 rings (SSSR count). The van der Waals surface area contributed by atoms with Crippen LogP contribution in [0.2, 0.25) is 0 Å². The zero-order valence-electron chi connectivity index (χ0n) is 35.9. The van der Waals surface area contributed by atoms with Crippen LogP contribution in [0, 0.1) is 0 Å². The summed E-state index contributed by atoms with van der Waals surface area (Å²) in [6.45, 7) is 23.3. The molecule has 0 N–H and O–H groups in total. The summed E-state index contributed by atoms with van der Waals surface area (Å²) < 4.78 is 4.82. The van der Waals surface area contributed by atoms with Crippen molar-refractivity contribution in [3.05, 3.63) is 161 Å². The molecule has 2 aliphatic heterocycles. The highest BCUT2D eigenvalue weighted by atomic mass is 15.2. The molecule has 0 spiro atoms. The first-order valence-electron chi connectivity index (χ1n) is 21.1. The maximum absolute atomic E-state index is 5.09. The fourth-order valence-electron chi connectivity index (χ4n) is 10.3. The van der Waals surface area contributed by atoms with Gasteiger partial charge in [-0.25, -0.2) is 9.97 Å². The first-order chi connectivity index (χ1) is 28.0. The first-order valence-corrected chi connectivity index (χ1v) is 21.1. The topological polar surface area (TPSA) is 38.9 Å². The van der Waals surface area contributed by atoms with Gasteiger partial charge in [0.1, 0.15) is 11.5 Å². The maximum Gasteiger partial charge on any atom is 0.145 e. The van der Waals surface area contributed by atoms with E-state index in [0.717, 1.165) is 28.2 Å². The van der Waals surface area contributed by atoms with E-state index in [4.69, 9.17) is 9.97 Å². The number of rotatable bonds is 2. The van der Waals surface area contributed by atoms with E-state index in [1.165, 1.54) is 77.5 Å². The van der Waals surface area contributed by atoms with E-state index >= 15 is 0 Å². The number of para-hydroxylation sites is 2. The molecule has 0 bridgehead atoms. The second-order valence-electron chi connectivity index (χ2n) is 20.1. The predicted octanol–water partition coefficient (Wildman–Crippen LogP) is 14.0. The molecule has 5 aromatic carbocycles. The van der Waals surface area contributed by atoms with Crippen LogP contribution in [-0.4, -0.2) is 19.1 Å². The Bertz CT molecular complexity index is 3250. The van der Waals surface area contributed by atoms with E-state index in [1.807, 2.05) is 12.4 Å². The number of fused-ring (bicyclic) bond motifs is 10. The maximum atomic E-state index is 5.09. The van der Waals surface area contributed by atoms with Crippen LogP contribution in [0.3, 0.4) is 0 Å². The van der Waals surface area contributed by atoms with Crippen LogP contribution in [0.15, 0.2) is 128 Å². The zero-order chi connectivity index (χ0) is 41.0. The number of aromatic nitrogens is 4. The van der Waals surface area contributed by atoms with E-state index in [2.05, 4.69) is 199 Å². The molecule has 0 saturated heterocycles. The van der Waals surface area contributed by atoms with Gasteiger partial charge in [0.25, 0.3) is 0 Å². The van der Waals surface area contributed by atoms with E-state index in [0.29, 0.717) is 0 Å². The van der Waals surface area contributed by atoms with Gasteiger partial charge in [-0.05, 0) is 111 Å². The van der Waals surface area contributed by atoms with Crippen molar-refractivity contribution in [1.82, 2.24) is 19.1 Å². The van der Waals surface area contributed by atoms with Gasteiger partial charge in [0, 0.05) is 50.5 Å². The third kappa shape index (κ3) is 4.91. The lowest BCUT2D eigenvalue weighted by molar-refractivity contribution is 0.582. The van der Waals surface area contributed by atoms with E-state index in [9.17, 15) is 0 Å². The molecule has 292 valence electrons. The lowest BCUT2D eigenvalue weighted by Gasteiger charge is -2.43. The van der Waals surface area contributed by atoms with E-state index in [-0.39, 0.29) is 21.7 Å². The highest BCUT2D eigenvalue weighted by Gasteiger charge is 2.40. The Hall–Kier alpha value is -6.20. The highest BCUT2D eigenvalue weighted by molar-refractivity contribution is 6.12. The molecule has 0 radical (unpaired) electrons. The van der Waals surface area contributed by atoms with Crippen molar-refractivity contribution in [2.24, 2.45) is 0 Å². The van der Waals surface area contributed by atoms with Crippen molar-refractivity contribution in [2.75, 3.05) is 4.90 Å². The fraction of sp³-hybridized carbons (Fsp3) is 0.259. The number of pyridine rings is 2. The Morgan fingerprint density at radius 2 is 1.17 bits per heavy atom. The molecule has 0 fully saturated rings. The third-order valence-electron chi connectivity index (χ3n) is 13.7. The summed E-state index contributed by atoms with van der Waals surface area (Å²) in [5.41, 5.74) is 16.6. The van der Waals surface area contributed by atoms with Gasteiger partial charge in [0.15, 0.2) is 0 Å². The van der Waals surface area contributed by atoms with Crippen molar-refractivity contribution >= 4 is 60.8 Å². The van der Waals surface area contributed by atoms with Crippen LogP contribution in [-0.2, 0) is 21.7 Å². The molecule has 0 atom stereocenters. The van der Waals surface area contributed by atoms with Crippen LogP contribution in [0.25, 0.3) is 55.2 Å². The Kier molecular flexibility index (Phi) is 7.14. The highest BCUT2D eigenvalue weighted by Crippen LogP contribution is 2.55. The molecule has 5 heteroatoms. The van der Waals surface area contributed by atoms with Gasteiger partial charge in [-0.15, -0.1) is 0 Å². The molecular formula is C54H51N5. The average Bonchev–Trinajstić information content (AvgIpc) is 3.71. The largest absolute Gasteiger partial charge is 0.310 e. The predicted molar refractivity (Wildman–Crippen MR) is 247 cm³/mol. The van der Waals surface area contributed by atoms with Gasteiger partial charge in [0.2, 0.25) is 0 Å². The lowest BCUT2D eigenvalue weighted by atomic mass is 9.72. The summed E-state index contributed by atoms with van der Waals surface area (Å²) >= 11 is 0. The Morgan fingerprint density at radius 1 is 0.458 bits per heavy atom. The molecule has 4 aromatic heterocycles. The Morgan fingerprint density at radius 3 is 1.97 bits per heavy atom. The van der Waals surface area contributed by atoms with Crippen LogP contribution in [0.5, 0.6) is 0 Å². The van der Waals surface area contributed by atoms with Crippen molar-refractivity contribution in [2.45, 2.75) is 90.9 Å². The minimum atomic E-state index is -0.253. The molecule has 6 heterocycles. The summed E-state index contributed by atoms with van der Waals surface area (Å²) in [6, 6.07) is 43.5. The van der Waals surface area contributed by atoms with Crippen molar-refractivity contribution in [3.63, 3.8) is 0 Å². The summed E-state index contributed by atoms with van der Waals surface area (Å²) in [4.78, 5) is 12.6. The third-order valence-corrected chi connectivity index (χ3v) is 13.7. The molecule has 2 aliphatic rings. The van der Waals surface area contributed by atoms with E-state index in [1.54, 1.807) is 0 Å². The second-order valence-corrected chi connectivity index (χ2v) is 20.1. The lowest BCUT2D eigenvalue weighted by Crippen LogP contribution is -2.31. The summed E-state index contributed by atoms with van der Waals surface area (Å²) in [7, 11) is 0. The normalized spacial score (nSPS) is 15.5. The summed E-state index contributed by atoms with van der Waals surface area (Å²) in [5.74, 6) is 0.936. The van der Waals surface area contributed by atoms with E-state index < -0.39 is 0 Å². The van der Waals surface area contributed by atoms with Gasteiger partial charge in [0.05, 0.1) is 33.6 Å². The second kappa shape index (κ2) is 11.7. The molecule has 0 saturated carbocycles. The quantitative estimate of drug-likeness (QED) is 0.176. The molecule has 59 heavy (non-hydrogen) atoms. The number of nitrogens with zero attached hydrogens (tertiary/aromatic N) is 5. The number of benzene rings is 5. The minimum absolute atomic E-state index is 0.00688. The molecular weight excluding hydrogens is 719 g/mol. The molecule has 0 aliphatic carbocycles. The smallest absolute Gasteiger partial charge is 0.145 e. The fourth-order valence-corrected chi connectivity index (χ4v) is 10.3. The van der Waals surface area contributed by atoms with Crippen LogP contribution >= 0.6 is 0 Å². The van der Waals surface area contributed by atoms with Gasteiger partial charge < -0.3 is 4.90 Å². The first kappa shape index (κ1) is 35.9. The summed E-state index contributed by atoms with van der Waals surface area (Å²) in [6.07, 6.45) is 3.90. The van der Waals surface area contributed by atoms with Crippen molar-refractivity contribution in [1.29, 1.82) is 0 Å². The van der Waals surface area contributed by atoms with Crippen LogP contribution in [0.1, 0.15) is 103 Å². The van der Waals surface area contributed by atoms with Gasteiger partial charge in [-0.3, -0.25) is 9.13 Å². The molecule has 5 nitrogen and oxygen atoms in total. The number of hydrogen-bond donors (Lipinski definition) is 0. The SMILES string of the molecule is CC(C)(C)c1ccnc(-n2c3ccccc3c3cc4c(cc32)N(c2ccc3c(c2)-n2c5ncccc5c5cc(C(C)(C)C)cc(c52)C3(C)C)c2ccccc2C4(C)C)c1. The van der Waals surface area contributed by atoms with Gasteiger partial charge >= 0.3 is 0 Å². The van der Waals surface area contributed by atoms with Crippen LogP contribution in [0.4, 0.5) is 17.1 Å². The molecule has 0 unspecified atom stereocenters. The van der Waals surface area contributed by atoms with Gasteiger partial charge in [-0.1, -0.05) is 118 Å². The number of hydrogen-bond acceptors (Lipinski definition) is 3. The van der Waals surface area contributed by atoms with Crippen molar-refractivity contribution in [3.8, 4) is 11.5 Å². The number of anilines is 3. The zero-order valence-corrected chi connectivity index (χ0v) is 35.9. The van der Waals surface area contributed by atoms with Gasteiger partial charge in [-0.2, -0.15) is 0 Å². The standard InChI is InChI=1S/C54H51N5/c1-51(2,3)32-23-25-55-48(28-32)58-43-19-13-11-16-35(43)37-30-41-47(31-45(37)58)57(44-20-14-12-18-39(44)53(41,7)8)34-21-22-40-46(29-34)59-49-38(36-17-15-24-56-50(36)59)26-33(52(4,5)6)27-42(49)54(40,9)10/h11-31H,1-10H3. The van der Waals surface area contributed by atoms with Crippen LogP contribution < -0.4 is 4.90 Å². The van der Waals surface area contributed by atoms with Crippen molar-refractivity contribution < 1.29 is 0 Å².